The average Bonchev–Trinajstić information content (AvgIpc) is 3.20. The second-order valence-corrected chi connectivity index (χ2v) is 10.8. The molecule has 4 nitrogen and oxygen atoms in total. The second-order valence-electron chi connectivity index (χ2n) is 10.8. The first-order chi connectivity index (χ1) is 14.3. The Labute approximate surface area is 180 Å². The van der Waals surface area contributed by atoms with Gasteiger partial charge >= 0.3 is 0 Å². The molecule has 0 aromatic carbocycles. The van der Waals surface area contributed by atoms with Crippen molar-refractivity contribution in [1.82, 2.24) is 9.78 Å². The van der Waals surface area contributed by atoms with Crippen molar-refractivity contribution in [1.29, 1.82) is 0 Å². The SMILES string of the molecule is CCn1cc(/C=C2/C[C@@H]3[C@H]4CC=C5C[C@H](O)CC[C@]5(C)[C@@H]4CC[C@]3(C)C2=O)c(C)n1. The summed E-state index contributed by atoms with van der Waals surface area (Å²) in [5.41, 5.74) is 4.62. The van der Waals surface area contributed by atoms with E-state index in [2.05, 4.69) is 44.2 Å². The number of aromatic nitrogens is 2. The molecule has 1 aromatic rings. The third-order valence-corrected chi connectivity index (χ3v) is 9.36. The minimum atomic E-state index is -0.211. The van der Waals surface area contributed by atoms with E-state index in [-0.39, 0.29) is 16.9 Å². The monoisotopic (exact) mass is 408 g/mol. The van der Waals surface area contributed by atoms with Gasteiger partial charge in [-0.3, -0.25) is 9.48 Å². The maximum Gasteiger partial charge on any atom is 0.165 e. The zero-order chi connectivity index (χ0) is 21.3. The van der Waals surface area contributed by atoms with Gasteiger partial charge in [0, 0.05) is 23.7 Å². The predicted octanol–water partition coefficient (Wildman–Crippen LogP) is 5.10. The minimum absolute atomic E-state index is 0.162. The molecule has 3 fully saturated rings. The van der Waals surface area contributed by atoms with Crippen molar-refractivity contribution < 1.29 is 9.90 Å². The Morgan fingerprint density at radius 1 is 1.20 bits per heavy atom. The molecule has 1 aromatic heterocycles. The van der Waals surface area contributed by atoms with Gasteiger partial charge in [0.1, 0.15) is 0 Å². The zero-order valence-electron chi connectivity index (χ0n) is 18.9. The van der Waals surface area contributed by atoms with Crippen LogP contribution in [0.2, 0.25) is 0 Å². The number of carbonyl (C=O) groups is 1. The molecule has 6 atom stereocenters. The lowest BCUT2D eigenvalue weighted by Crippen LogP contribution is -2.50. The van der Waals surface area contributed by atoms with Crippen molar-refractivity contribution in [3.8, 4) is 0 Å². The van der Waals surface area contributed by atoms with Gasteiger partial charge in [-0.05, 0) is 93.6 Å². The lowest BCUT2D eigenvalue weighted by Gasteiger charge is -2.56. The lowest BCUT2D eigenvalue weighted by atomic mass is 9.48. The summed E-state index contributed by atoms with van der Waals surface area (Å²) >= 11 is 0. The number of nitrogens with zero attached hydrogens (tertiary/aromatic N) is 2. The van der Waals surface area contributed by atoms with Crippen LogP contribution in [-0.4, -0.2) is 26.8 Å². The van der Waals surface area contributed by atoms with Gasteiger partial charge in [-0.1, -0.05) is 25.5 Å². The number of hydrogen-bond donors (Lipinski definition) is 1. The molecule has 1 heterocycles. The number of Topliss-reactive ketones (excluding diaryl/α,β-unsaturated/α-hetero) is 1. The van der Waals surface area contributed by atoms with Gasteiger partial charge in [-0.15, -0.1) is 0 Å². The molecule has 0 spiro atoms. The van der Waals surface area contributed by atoms with Gasteiger partial charge in [-0.25, -0.2) is 0 Å². The van der Waals surface area contributed by atoms with Gasteiger partial charge in [0.15, 0.2) is 5.78 Å². The Balaban J connectivity index is 1.48. The van der Waals surface area contributed by atoms with Gasteiger partial charge in [0.2, 0.25) is 0 Å². The molecule has 0 saturated heterocycles. The lowest BCUT2D eigenvalue weighted by molar-refractivity contribution is -0.130. The van der Waals surface area contributed by atoms with Crippen LogP contribution < -0.4 is 0 Å². The molecule has 0 amide bonds. The zero-order valence-corrected chi connectivity index (χ0v) is 18.9. The van der Waals surface area contributed by atoms with E-state index in [1.807, 2.05) is 11.6 Å². The number of aryl methyl sites for hydroxylation is 2. The first-order valence-electron chi connectivity index (χ1n) is 11.9. The normalized spacial score (nSPS) is 42.0. The fraction of sp³-hybridized carbons (Fsp3) is 0.692. The number of rotatable bonds is 2. The van der Waals surface area contributed by atoms with Crippen LogP contribution >= 0.6 is 0 Å². The summed E-state index contributed by atoms with van der Waals surface area (Å²) in [4.78, 5) is 13.6. The van der Waals surface area contributed by atoms with Crippen molar-refractivity contribution in [2.24, 2.45) is 28.6 Å². The molecule has 162 valence electrons. The highest BCUT2D eigenvalue weighted by Crippen LogP contribution is 2.64. The molecule has 0 radical (unpaired) electrons. The molecule has 3 saturated carbocycles. The Kier molecular flexibility index (Phi) is 4.66. The third kappa shape index (κ3) is 2.82. The smallest absolute Gasteiger partial charge is 0.165 e. The summed E-state index contributed by atoms with van der Waals surface area (Å²) in [6, 6.07) is 0. The van der Waals surface area contributed by atoms with Crippen LogP contribution in [-0.2, 0) is 11.3 Å². The number of ketones is 1. The summed E-state index contributed by atoms with van der Waals surface area (Å²) < 4.78 is 1.96. The molecular weight excluding hydrogens is 372 g/mol. The van der Waals surface area contributed by atoms with Crippen LogP contribution in [0, 0.1) is 35.5 Å². The quantitative estimate of drug-likeness (QED) is 0.547. The Morgan fingerprint density at radius 2 is 1.97 bits per heavy atom. The van der Waals surface area contributed by atoms with E-state index in [1.165, 1.54) is 5.57 Å². The molecular formula is C26H36N2O2. The molecule has 4 aliphatic carbocycles. The highest BCUT2D eigenvalue weighted by molar-refractivity contribution is 6.06. The molecule has 0 unspecified atom stereocenters. The van der Waals surface area contributed by atoms with E-state index in [4.69, 9.17) is 0 Å². The number of aliphatic hydroxyl groups excluding tert-OH is 1. The highest BCUT2D eigenvalue weighted by Gasteiger charge is 2.59. The summed E-state index contributed by atoms with van der Waals surface area (Å²) in [5.74, 6) is 2.06. The number of fused-ring (bicyclic) bond motifs is 5. The van der Waals surface area contributed by atoms with E-state index in [1.54, 1.807) is 0 Å². The highest BCUT2D eigenvalue weighted by atomic mass is 16.3. The Morgan fingerprint density at radius 3 is 2.70 bits per heavy atom. The summed E-state index contributed by atoms with van der Waals surface area (Å²) in [6.07, 6.45) is 13.5. The van der Waals surface area contributed by atoms with Crippen molar-refractivity contribution in [2.45, 2.75) is 85.3 Å². The number of aliphatic hydroxyl groups is 1. The second kappa shape index (κ2) is 6.91. The molecule has 30 heavy (non-hydrogen) atoms. The van der Waals surface area contributed by atoms with E-state index in [9.17, 15) is 9.90 Å². The largest absolute Gasteiger partial charge is 0.393 e. The van der Waals surface area contributed by atoms with E-state index in [0.29, 0.717) is 23.5 Å². The molecule has 4 heteroatoms. The Hall–Kier alpha value is -1.68. The first kappa shape index (κ1) is 20.2. The van der Waals surface area contributed by atoms with Crippen LogP contribution in [0.5, 0.6) is 0 Å². The maximum absolute atomic E-state index is 13.6. The first-order valence-corrected chi connectivity index (χ1v) is 11.9. The van der Waals surface area contributed by atoms with Gasteiger partial charge in [-0.2, -0.15) is 5.10 Å². The summed E-state index contributed by atoms with van der Waals surface area (Å²) in [7, 11) is 0. The van der Waals surface area contributed by atoms with Crippen LogP contribution in [0.1, 0.15) is 77.0 Å². The van der Waals surface area contributed by atoms with Crippen LogP contribution in [0.3, 0.4) is 0 Å². The third-order valence-electron chi connectivity index (χ3n) is 9.36. The predicted molar refractivity (Wildman–Crippen MR) is 119 cm³/mol. The van der Waals surface area contributed by atoms with Crippen LogP contribution in [0.25, 0.3) is 6.08 Å². The Bertz CT molecular complexity index is 941. The number of hydrogen-bond acceptors (Lipinski definition) is 3. The van der Waals surface area contributed by atoms with E-state index in [0.717, 1.165) is 68.3 Å². The molecule has 0 aliphatic heterocycles. The van der Waals surface area contributed by atoms with E-state index >= 15 is 0 Å². The van der Waals surface area contributed by atoms with Crippen LogP contribution in [0.15, 0.2) is 23.4 Å². The van der Waals surface area contributed by atoms with Crippen LogP contribution in [0.4, 0.5) is 0 Å². The van der Waals surface area contributed by atoms with Crippen molar-refractivity contribution in [3.05, 3.63) is 34.7 Å². The molecule has 0 bridgehead atoms. The molecule has 4 aliphatic rings. The summed E-state index contributed by atoms with van der Waals surface area (Å²) in [5, 5.41) is 14.8. The average molecular weight is 409 g/mol. The number of carbonyl (C=O) groups excluding carboxylic acids is 1. The summed E-state index contributed by atoms with van der Waals surface area (Å²) in [6.45, 7) is 9.67. The molecule has 1 N–H and O–H groups in total. The molecule has 5 rings (SSSR count). The van der Waals surface area contributed by atoms with Gasteiger partial charge in [0.05, 0.1) is 11.8 Å². The maximum atomic E-state index is 13.6. The van der Waals surface area contributed by atoms with Crippen molar-refractivity contribution >= 4 is 11.9 Å². The number of allylic oxidation sites excluding steroid dienone is 2. The fourth-order valence-electron chi connectivity index (χ4n) is 7.47. The fourth-order valence-corrected chi connectivity index (χ4v) is 7.47. The van der Waals surface area contributed by atoms with E-state index < -0.39 is 0 Å². The standard InChI is InChI=1S/C26H36N2O2/c1-5-28-15-18(16(2)27-28)12-17-13-23-21-7-6-19-14-20(29)8-10-25(19,3)22(21)9-11-26(23,4)24(17)30/h6,12,15,20-23,29H,5,7-11,13-14H2,1-4H3/b17-12-/t20-,21+,22-,23-,25+,26+/m1/s1. The van der Waals surface area contributed by atoms with Gasteiger partial charge in [0.25, 0.3) is 0 Å². The van der Waals surface area contributed by atoms with Gasteiger partial charge < -0.3 is 5.11 Å². The van der Waals surface area contributed by atoms with Crippen molar-refractivity contribution in [2.75, 3.05) is 0 Å². The van der Waals surface area contributed by atoms with Crippen molar-refractivity contribution in [3.63, 3.8) is 0 Å². The minimum Gasteiger partial charge on any atom is -0.393 e. The topological polar surface area (TPSA) is 55.1 Å².